The maximum absolute atomic E-state index is 12.0. The Hall–Kier alpha value is -1.44. The minimum Gasteiger partial charge on any atom is -0.460 e. The Balaban J connectivity index is 1.76. The number of thiazole rings is 1. The summed E-state index contributed by atoms with van der Waals surface area (Å²) in [4.78, 5) is 17.0. The van der Waals surface area contributed by atoms with Crippen molar-refractivity contribution in [1.82, 2.24) is 4.98 Å². The summed E-state index contributed by atoms with van der Waals surface area (Å²) >= 11 is 6.09. The van der Waals surface area contributed by atoms with Gasteiger partial charge in [0.15, 0.2) is 10.9 Å². The number of nitrogens with zero attached hydrogens (tertiary/aromatic N) is 1. The van der Waals surface area contributed by atoms with E-state index in [1.807, 2.05) is 30.5 Å². The Labute approximate surface area is 131 Å². The lowest BCUT2D eigenvalue weighted by Crippen LogP contribution is -2.09. The highest BCUT2D eigenvalue weighted by atomic mass is 79.9. The smallest absolute Gasteiger partial charge is 0.267 e. The zero-order valence-corrected chi connectivity index (χ0v) is 13.6. The Morgan fingerprint density at radius 2 is 2.20 bits per heavy atom. The molecule has 0 aliphatic rings. The highest BCUT2D eigenvalue weighted by molar-refractivity contribution is 9.11. The predicted octanol–water partition coefficient (Wildman–Crippen LogP) is 4.79. The first kappa shape index (κ1) is 13.5. The van der Waals surface area contributed by atoms with Gasteiger partial charge in [0.1, 0.15) is 11.5 Å². The molecule has 20 heavy (non-hydrogen) atoms. The van der Waals surface area contributed by atoms with Crippen LogP contribution in [0.1, 0.15) is 15.4 Å². The minimum atomic E-state index is -0.155. The van der Waals surface area contributed by atoms with Crippen LogP contribution in [0.5, 0.6) is 0 Å². The Morgan fingerprint density at radius 1 is 1.35 bits per heavy atom. The number of hydrogen-bond acceptors (Lipinski definition) is 5. The van der Waals surface area contributed by atoms with E-state index in [1.54, 1.807) is 6.07 Å². The topological polar surface area (TPSA) is 55.1 Å². The van der Waals surface area contributed by atoms with Gasteiger partial charge in [-0.1, -0.05) is 0 Å². The van der Waals surface area contributed by atoms with Crippen molar-refractivity contribution in [3.8, 4) is 11.5 Å². The van der Waals surface area contributed by atoms with Gasteiger partial charge in [-0.2, -0.15) is 0 Å². The van der Waals surface area contributed by atoms with Crippen molar-refractivity contribution in [3.63, 3.8) is 0 Å². The third kappa shape index (κ3) is 2.84. The highest BCUT2D eigenvalue weighted by Crippen LogP contribution is 2.27. The molecule has 0 radical (unpaired) electrons. The van der Waals surface area contributed by atoms with Crippen molar-refractivity contribution in [1.29, 1.82) is 0 Å². The number of thiophene rings is 1. The van der Waals surface area contributed by atoms with Gasteiger partial charge in [-0.05, 0) is 47.1 Å². The van der Waals surface area contributed by atoms with E-state index in [0.29, 0.717) is 15.8 Å². The van der Waals surface area contributed by atoms with E-state index in [2.05, 4.69) is 26.2 Å². The van der Waals surface area contributed by atoms with Crippen molar-refractivity contribution >= 4 is 49.6 Å². The summed E-state index contributed by atoms with van der Waals surface area (Å²) in [7, 11) is 0. The summed E-state index contributed by atoms with van der Waals surface area (Å²) in [6, 6.07) is 7.37. The van der Waals surface area contributed by atoms with Crippen LogP contribution in [0.15, 0.2) is 37.8 Å². The first-order chi connectivity index (χ1) is 9.61. The number of anilines is 1. The van der Waals surface area contributed by atoms with Crippen LogP contribution < -0.4 is 5.32 Å². The summed E-state index contributed by atoms with van der Waals surface area (Å²) in [6.07, 6.45) is 0. The molecule has 0 saturated carbocycles. The second-order valence-electron chi connectivity index (χ2n) is 4.01. The third-order valence-electron chi connectivity index (χ3n) is 2.51. The number of hydrogen-bond donors (Lipinski definition) is 1. The fourth-order valence-electron chi connectivity index (χ4n) is 1.61. The molecule has 0 spiro atoms. The van der Waals surface area contributed by atoms with Crippen molar-refractivity contribution in [2.45, 2.75) is 6.92 Å². The van der Waals surface area contributed by atoms with Crippen molar-refractivity contribution in [2.75, 3.05) is 5.32 Å². The fraction of sp³-hybridized carbons (Fsp3) is 0.0769. The molecule has 4 nitrogen and oxygen atoms in total. The Morgan fingerprint density at radius 3 is 2.85 bits per heavy atom. The van der Waals surface area contributed by atoms with E-state index >= 15 is 0 Å². The molecule has 102 valence electrons. The van der Waals surface area contributed by atoms with E-state index in [0.717, 1.165) is 15.2 Å². The van der Waals surface area contributed by atoms with Gasteiger partial charge in [0, 0.05) is 5.38 Å². The monoisotopic (exact) mass is 368 g/mol. The Kier molecular flexibility index (Phi) is 3.73. The number of rotatable bonds is 3. The molecule has 1 N–H and O–H groups in total. The van der Waals surface area contributed by atoms with E-state index in [4.69, 9.17) is 4.42 Å². The van der Waals surface area contributed by atoms with Gasteiger partial charge in [-0.25, -0.2) is 4.98 Å². The van der Waals surface area contributed by atoms with Crippen LogP contribution >= 0.6 is 38.6 Å². The predicted molar refractivity (Wildman–Crippen MR) is 84.5 cm³/mol. The molecule has 0 aromatic carbocycles. The fourth-order valence-corrected chi connectivity index (χ4v) is 3.59. The molecule has 0 aliphatic heterocycles. The molecule has 3 heterocycles. The van der Waals surface area contributed by atoms with Crippen molar-refractivity contribution in [2.24, 2.45) is 0 Å². The number of amides is 1. The number of aryl methyl sites for hydroxylation is 1. The molecular weight excluding hydrogens is 360 g/mol. The average molecular weight is 369 g/mol. The summed E-state index contributed by atoms with van der Waals surface area (Å²) in [6.45, 7) is 1.88. The molecule has 0 saturated heterocycles. The standard InChI is InChI=1S/C13H9BrN2O2S2/c1-7-2-3-9(18-7)8-6-19-13(15-8)16-12(17)10-4-5-11(14)20-10/h2-6H,1H3,(H,15,16,17). The second-order valence-corrected chi connectivity index (χ2v) is 7.33. The highest BCUT2D eigenvalue weighted by Gasteiger charge is 2.13. The molecule has 1 amide bonds. The van der Waals surface area contributed by atoms with Crippen molar-refractivity contribution in [3.05, 3.63) is 44.1 Å². The molecule has 3 aromatic rings. The number of carbonyl (C=O) groups is 1. The number of furan rings is 1. The summed E-state index contributed by atoms with van der Waals surface area (Å²) in [5.74, 6) is 1.39. The summed E-state index contributed by atoms with van der Waals surface area (Å²) < 4.78 is 6.43. The zero-order valence-electron chi connectivity index (χ0n) is 10.3. The molecule has 0 atom stereocenters. The van der Waals surface area contributed by atoms with Gasteiger partial charge in [0.2, 0.25) is 0 Å². The van der Waals surface area contributed by atoms with Gasteiger partial charge in [-0.3, -0.25) is 10.1 Å². The van der Waals surface area contributed by atoms with Crippen LogP contribution in [0, 0.1) is 6.92 Å². The van der Waals surface area contributed by atoms with E-state index in [-0.39, 0.29) is 5.91 Å². The lowest BCUT2D eigenvalue weighted by Gasteiger charge is -1.97. The van der Waals surface area contributed by atoms with Crippen molar-refractivity contribution < 1.29 is 9.21 Å². The third-order valence-corrected chi connectivity index (χ3v) is 4.89. The van der Waals surface area contributed by atoms with Crippen LogP contribution in [0.4, 0.5) is 5.13 Å². The lowest BCUT2D eigenvalue weighted by atomic mass is 10.4. The van der Waals surface area contributed by atoms with Gasteiger partial charge in [0.25, 0.3) is 5.91 Å². The van der Waals surface area contributed by atoms with Crippen LogP contribution in [0.25, 0.3) is 11.5 Å². The van der Waals surface area contributed by atoms with Gasteiger partial charge < -0.3 is 4.42 Å². The first-order valence-electron chi connectivity index (χ1n) is 5.71. The van der Waals surface area contributed by atoms with Crippen LogP contribution in [-0.4, -0.2) is 10.9 Å². The quantitative estimate of drug-likeness (QED) is 0.722. The second kappa shape index (κ2) is 5.51. The van der Waals surface area contributed by atoms with Crippen LogP contribution in [0.2, 0.25) is 0 Å². The maximum atomic E-state index is 12.0. The van der Waals surface area contributed by atoms with E-state index in [1.165, 1.54) is 22.7 Å². The average Bonchev–Trinajstić information content (AvgIpc) is 3.10. The summed E-state index contributed by atoms with van der Waals surface area (Å²) in [5.41, 5.74) is 0.728. The van der Waals surface area contributed by atoms with Gasteiger partial charge in [-0.15, -0.1) is 22.7 Å². The number of halogens is 1. The molecule has 0 unspecified atom stereocenters. The maximum Gasteiger partial charge on any atom is 0.267 e. The number of carbonyl (C=O) groups excluding carboxylic acids is 1. The molecule has 0 bridgehead atoms. The van der Waals surface area contributed by atoms with Gasteiger partial charge >= 0.3 is 0 Å². The number of aromatic nitrogens is 1. The first-order valence-corrected chi connectivity index (χ1v) is 8.20. The van der Waals surface area contributed by atoms with E-state index < -0.39 is 0 Å². The SMILES string of the molecule is Cc1ccc(-c2csc(NC(=O)c3ccc(Br)s3)n2)o1. The minimum absolute atomic E-state index is 0.155. The number of nitrogens with one attached hydrogen (secondary N) is 1. The molecule has 0 fully saturated rings. The largest absolute Gasteiger partial charge is 0.460 e. The normalized spacial score (nSPS) is 10.7. The van der Waals surface area contributed by atoms with Gasteiger partial charge in [0.05, 0.1) is 8.66 Å². The van der Waals surface area contributed by atoms with Crippen LogP contribution in [-0.2, 0) is 0 Å². The summed E-state index contributed by atoms with van der Waals surface area (Å²) in [5, 5.41) is 5.20. The molecule has 7 heteroatoms. The van der Waals surface area contributed by atoms with E-state index in [9.17, 15) is 4.79 Å². The Bertz CT molecular complexity index is 760. The van der Waals surface area contributed by atoms with Crippen LogP contribution in [0.3, 0.4) is 0 Å². The molecular formula is C13H9BrN2O2S2. The zero-order chi connectivity index (χ0) is 14.1. The molecule has 3 aromatic heterocycles. The molecule has 3 rings (SSSR count). The molecule has 0 aliphatic carbocycles. The lowest BCUT2D eigenvalue weighted by molar-refractivity contribution is 0.103.